The van der Waals surface area contributed by atoms with E-state index < -0.39 is 5.54 Å². The summed E-state index contributed by atoms with van der Waals surface area (Å²) in [7, 11) is 0. The predicted octanol–water partition coefficient (Wildman–Crippen LogP) is 1.70. The fourth-order valence-electron chi connectivity index (χ4n) is 1.58. The summed E-state index contributed by atoms with van der Waals surface area (Å²) in [6.45, 7) is 3.38. The summed E-state index contributed by atoms with van der Waals surface area (Å²) in [4.78, 5) is 4.10. The van der Waals surface area contributed by atoms with Crippen molar-refractivity contribution in [2.45, 2.75) is 19.4 Å². The van der Waals surface area contributed by atoms with Gasteiger partial charge in [0, 0.05) is 0 Å². The second kappa shape index (κ2) is 3.46. The number of aliphatic imine (C=N–C) groups is 1. The highest BCUT2D eigenvalue weighted by atomic mass is 16.5. The van der Waals surface area contributed by atoms with E-state index >= 15 is 0 Å². The van der Waals surface area contributed by atoms with E-state index in [4.69, 9.17) is 5.26 Å². The molecule has 0 atom stereocenters. The molecule has 0 bridgehead atoms. The fourth-order valence-corrected chi connectivity index (χ4v) is 1.58. The van der Waals surface area contributed by atoms with Gasteiger partial charge in [-0.05, 0) is 31.0 Å². The van der Waals surface area contributed by atoms with E-state index in [9.17, 15) is 5.21 Å². The quantitative estimate of drug-likeness (QED) is 0.526. The SMILES string of the molecule is CC1(C)C(C#N)=NC(c2ccccc2)=[N+]1[O-]. The Labute approximate surface area is 93.8 Å². The van der Waals surface area contributed by atoms with Crippen LogP contribution in [0.15, 0.2) is 35.3 Å². The molecule has 4 heteroatoms. The standard InChI is InChI=1S/C12H11N3O/c1-12(2)10(8-13)14-11(15(12)16)9-6-4-3-5-7-9/h3-7H,1-2H3. The minimum Gasteiger partial charge on any atom is -0.714 e. The van der Waals surface area contributed by atoms with Crippen molar-refractivity contribution in [3.63, 3.8) is 0 Å². The average molecular weight is 213 g/mol. The maximum Gasteiger partial charge on any atom is 0.330 e. The molecule has 0 saturated carbocycles. The van der Waals surface area contributed by atoms with Gasteiger partial charge in [0.1, 0.15) is 6.07 Å². The Hall–Kier alpha value is -2.15. The lowest BCUT2D eigenvalue weighted by atomic mass is 10.0. The lowest BCUT2D eigenvalue weighted by Gasteiger charge is -2.21. The van der Waals surface area contributed by atoms with Gasteiger partial charge in [0.2, 0.25) is 0 Å². The summed E-state index contributed by atoms with van der Waals surface area (Å²) < 4.78 is 0.793. The first kappa shape index (κ1) is 10.4. The van der Waals surface area contributed by atoms with Crippen LogP contribution in [0.4, 0.5) is 0 Å². The Morgan fingerprint density at radius 1 is 1.31 bits per heavy atom. The van der Waals surface area contributed by atoms with Gasteiger partial charge in [-0.15, -0.1) is 0 Å². The number of benzene rings is 1. The minimum atomic E-state index is -0.875. The molecular formula is C12H11N3O. The minimum absolute atomic E-state index is 0.251. The van der Waals surface area contributed by atoms with Crippen molar-refractivity contribution < 1.29 is 4.74 Å². The Bertz CT molecular complexity index is 521. The topological polar surface area (TPSA) is 62.2 Å². The highest BCUT2D eigenvalue weighted by molar-refractivity contribution is 6.16. The predicted molar refractivity (Wildman–Crippen MR) is 61.3 cm³/mol. The molecule has 1 aliphatic rings. The number of nitriles is 1. The van der Waals surface area contributed by atoms with E-state index in [1.807, 2.05) is 24.3 Å². The van der Waals surface area contributed by atoms with Crippen molar-refractivity contribution in [2.24, 2.45) is 4.99 Å². The Morgan fingerprint density at radius 2 is 1.94 bits per heavy atom. The van der Waals surface area contributed by atoms with Crippen LogP contribution in [0.1, 0.15) is 19.4 Å². The van der Waals surface area contributed by atoms with Crippen LogP contribution in [0.5, 0.6) is 0 Å². The van der Waals surface area contributed by atoms with Gasteiger partial charge in [-0.1, -0.05) is 18.2 Å². The molecule has 0 saturated heterocycles. The van der Waals surface area contributed by atoms with Crippen molar-refractivity contribution in [3.05, 3.63) is 41.1 Å². The normalized spacial score (nSPS) is 18.2. The van der Waals surface area contributed by atoms with Gasteiger partial charge in [0.05, 0.1) is 5.56 Å². The molecule has 16 heavy (non-hydrogen) atoms. The third kappa shape index (κ3) is 1.38. The van der Waals surface area contributed by atoms with Crippen LogP contribution >= 0.6 is 0 Å². The lowest BCUT2D eigenvalue weighted by Crippen LogP contribution is -2.37. The molecule has 0 unspecified atom stereocenters. The van der Waals surface area contributed by atoms with Crippen LogP contribution in [-0.4, -0.2) is 21.8 Å². The average Bonchev–Trinajstić information content (AvgIpc) is 2.52. The van der Waals surface area contributed by atoms with Crippen molar-refractivity contribution in [1.29, 1.82) is 5.26 Å². The molecule has 1 heterocycles. The van der Waals surface area contributed by atoms with Crippen LogP contribution in [-0.2, 0) is 0 Å². The number of hydroxylamine groups is 1. The highest BCUT2D eigenvalue weighted by Gasteiger charge is 2.42. The number of rotatable bonds is 1. The fraction of sp³-hybridized carbons (Fsp3) is 0.250. The zero-order chi connectivity index (χ0) is 11.8. The summed E-state index contributed by atoms with van der Waals surface area (Å²) in [6.07, 6.45) is 0. The molecule has 0 fully saturated rings. The molecule has 0 radical (unpaired) electrons. The molecule has 0 amide bonds. The number of amidine groups is 1. The molecule has 80 valence electrons. The van der Waals surface area contributed by atoms with Gasteiger partial charge in [-0.2, -0.15) is 5.26 Å². The largest absolute Gasteiger partial charge is 0.714 e. The summed E-state index contributed by atoms with van der Waals surface area (Å²) in [6, 6.07) is 11.1. The smallest absolute Gasteiger partial charge is 0.330 e. The van der Waals surface area contributed by atoms with Crippen LogP contribution in [0.3, 0.4) is 0 Å². The summed E-state index contributed by atoms with van der Waals surface area (Å²) in [5.74, 6) is 0.308. The summed E-state index contributed by atoms with van der Waals surface area (Å²) in [5, 5.41) is 20.9. The van der Waals surface area contributed by atoms with Crippen molar-refractivity contribution in [2.75, 3.05) is 0 Å². The monoisotopic (exact) mass is 213 g/mol. The molecule has 0 N–H and O–H groups in total. The molecule has 1 aromatic carbocycles. The molecule has 0 spiro atoms. The maximum absolute atomic E-state index is 12.0. The van der Waals surface area contributed by atoms with E-state index in [-0.39, 0.29) is 5.71 Å². The van der Waals surface area contributed by atoms with E-state index in [0.29, 0.717) is 5.84 Å². The first-order chi connectivity index (χ1) is 7.57. The van der Waals surface area contributed by atoms with Gasteiger partial charge in [-0.25, -0.2) is 4.74 Å². The first-order valence-electron chi connectivity index (χ1n) is 4.96. The Kier molecular flexibility index (Phi) is 2.24. The summed E-state index contributed by atoms with van der Waals surface area (Å²) >= 11 is 0. The van der Waals surface area contributed by atoms with E-state index in [0.717, 1.165) is 10.3 Å². The van der Waals surface area contributed by atoms with Gasteiger partial charge in [-0.3, -0.25) is 0 Å². The van der Waals surface area contributed by atoms with Crippen LogP contribution in [0.25, 0.3) is 0 Å². The highest BCUT2D eigenvalue weighted by Crippen LogP contribution is 2.20. The molecular weight excluding hydrogens is 202 g/mol. The van der Waals surface area contributed by atoms with E-state index in [1.165, 1.54) is 0 Å². The van der Waals surface area contributed by atoms with Crippen LogP contribution in [0, 0.1) is 16.5 Å². The number of nitrogens with zero attached hydrogens (tertiary/aromatic N) is 3. The van der Waals surface area contributed by atoms with Crippen molar-refractivity contribution in [1.82, 2.24) is 0 Å². The second-order valence-corrected chi connectivity index (χ2v) is 4.12. The first-order valence-corrected chi connectivity index (χ1v) is 4.96. The van der Waals surface area contributed by atoms with Crippen molar-refractivity contribution in [3.8, 4) is 6.07 Å². The van der Waals surface area contributed by atoms with Crippen LogP contribution < -0.4 is 0 Å². The molecule has 1 aliphatic heterocycles. The van der Waals surface area contributed by atoms with E-state index in [2.05, 4.69) is 4.99 Å². The zero-order valence-corrected chi connectivity index (χ0v) is 9.14. The van der Waals surface area contributed by atoms with Gasteiger partial charge >= 0.3 is 5.84 Å². The third-order valence-corrected chi connectivity index (χ3v) is 2.64. The van der Waals surface area contributed by atoms with Crippen LogP contribution in [0.2, 0.25) is 0 Å². The molecule has 0 aliphatic carbocycles. The maximum atomic E-state index is 12.0. The Morgan fingerprint density at radius 3 is 2.44 bits per heavy atom. The summed E-state index contributed by atoms with van der Waals surface area (Å²) in [5.41, 5.74) is 0.108. The third-order valence-electron chi connectivity index (χ3n) is 2.64. The lowest BCUT2D eigenvalue weighted by molar-refractivity contribution is -0.512. The van der Waals surface area contributed by atoms with Gasteiger partial charge in [0.25, 0.3) is 5.71 Å². The van der Waals surface area contributed by atoms with Gasteiger partial charge in [0.15, 0.2) is 5.54 Å². The van der Waals surface area contributed by atoms with Gasteiger partial charge < -0.3 is 5.21 Å². The van der Waals surface area contributed by atoms with E-state index in [1.54, 1.807) is 26.0 Å². The molecule has 4 nitrogen and oxygen atoms in total. The second-order valence-electron chi connectivity index (χ2n) is 4.12. The molecule has 2 rings (SSSR count). The molecule has 0 aromatic heterocycles. The zero-order valence-electron chi connectivity index (χ0n) is 9.14. The number of hydrogen-bond donors (Lipinski definition) is 0. The van der Waals surface area contributed by atoms with Crippen molar-refractivity contribution >= 4 is 11.5 Å². The molecule has 1 aromatic rings. The number of hydrogen-bond acceptors (Lipinski definition) is 3. The Balaban J connectivity index is 2.56.